The van der Waals surface area contributed by atoms with Gasteiger partial charge in [-0.05, 0) is 13.3 Å². The van der Waals surface area contributed by atoms with Gasteiger partial charge >= 0.3 is 5.97 Å². The van der Waals surface area contributed by atoms with Crippen molar-refractivity contribution in [1.29, 1.82) is 0 Å². The molecule has 0 aliphatic carbocycles. The number of hydrogen-bond acceptors (Lipinski definition) is 4. The van der Waals surface area contributed by atoms with E-state index in [-0.39, 0.29) is 17.1 Å². The second-order valence-electron chi connectivity index (χ2n) is 4.32. The van der Waals surface area contributed by atoms with Gasteiger partial charge < -0.3 is 15.4 Å². The number of carbonyl (C=O) groups is 2. The van der Waals surface area contributed by atoms with Gasteiger partial charge in [-0.2, -0.15) is 0 Å². The molecule has 2 rings (SSSR count). The SMILES string of the molecule is CCCc1nc(C(=O)Nc2c[nH]c(C)c2C(=O)O)n[nH]1. The summed E-state index contributed by atoms with van der Waals surface area (Å²) in [5.41, 5.74) is 0.693. The number of nitrogens with one attached hydrogen (secondary N) is 3. The van der Waals surface area contributed by atoms with Crippen molar-refractivity contribution in [1.82, 2.24) is 20.2 Å². The number of rotatable bonds is 5. The number of aryl methyl sites for hydroxylation is 2. The lowest BCUT2D eigenvalue weighted by molar-refractivity contribution is 0.0697. The molecule has 0 atom stereocenters. The zero-order valence-electron chi connectivity index (χ0n) is 11.1. The maximum Gasteiger partial charge on any atom is 0.339 e. The number of nitrogens with zero attached hydrogens (tertiary/aromatic N) is 2. The third kappa shape index (κ3) is 2.68. The molecule has 0 unspecified atom stereocenters. The van der Waals surface area contributed by atoms with Gasteiger partial charge in [0.1, 0.15) is 11.4 Å². The van der Waals surface area contributed by atoms with E-state index in [2.05, 4.69) is 25.5 Å². The Bertz CT molecular complexity index is 643. The van der Waals surface area contributed by atoms with E-state index in [0.717, 1.165) is 6.42 Å². The fourth-order valence-electron chi connectivity index (χ4n) is 1.82. The molecule has 0 saturated carbocycles. The number of carbonyl (C=O) groups excluding carboxylic acids is 1. The molecular weight excluding hydrogens is 262 g/mol. The lowest BCUT2D eigenvalue weighted by Gasteiger charge is -2.01. The van der Waals surface area contributed by atoms with Gasteiger partial charge in [0.05, 0.1) is 5.69 Å². The maximum atomic E-state index is 12.0. The Hall–Kier alpha value is -2.64. The van der Waals surface area contributed by atoms with Crippen LogP contribution in [0.25, 0.3) is 0 Å². The molecule has 8 nitrogen and oxygen atoms in total. The minimum absolute atomic E-state index is 0.0105. The first-order valence-corrected chi connectivity index (χ1v) is 6.16. The molecule has 2 heterocycles. The first-order chi connectivity index (χ1) is 9.52. The van der Waals surface area contributed by atoms with Crippen molar-refractivity contribution in [3.63, 3.8) is 0 Å². The molecule has 2 aromatic rings. The van der Waals surface area contributed by atoms with E-state index in [9.17, 15) is 9.59 Å². The maximum absolute atomic E-state index is 12.0. The van der Waals surface area contributed by atoms with Crippen LogP contribution in [-0.2, 0) is 6.42 Å². The van der Waals surface area contributed by atoms with E-state index < -0.39 is 11.9 Å². The number of hydrogen-bond donors (Lipinski definition) is 4. The Labute approximate surface area is 114 Å². The minimum Gasteiger partial charge on any atom is -0.478 e. The minimum atomic E-state index is -1.11. The van der Waals surface area contributed by atoms with Gasteiger partial charge in [0.25, 0.3) is 5.91 Å². The third-order valence-corrected chi connectivity index (χ3v) is 2.76. The van der Waals surface area contributed by atoms with Crippen molar-refractivity contribution >= 4 is 17.6 Å². The van der Waals surface area contributed by atoms with Gasteiger partial charge in [0.15, 0.2) is 0 Å². The van der Waals surface area contributed by atoms with Crippen LogP contribution in [0.5, 0.6) is 0 Å². The van der Waals surface area contributed by atoms with Crippen LogP contribution in [0.1, 0.15) is 45.8 Å². The predicted molar refractivity (Wildman–Crippen MR) is 70.8 cm³/mol. The summed E-state index contributed by atoms with van der Waals surface area (Å²) in [6, 6.07) is 0. The molecule has 0 fully saturated rings. The fraction of sp³-hybridized carbons (Fsp3) is 0.333. The zero-order chi connectivity index (χ0) is 14.7. The number of carboxylic acid groups (broad SMARTS) is 1. The average molecular weight is 277 g/mol. The molecule has 8 heteroatoms. The van der Waals surface area contributed by atoms with Crippen molar-refractivity contribution < 1.29 is 14.7 Å². The molecule has 4 N–H and O–H groups in total. The fourth-order valence-corrected chi connectivity index (χ4v) is 1.82. The topological polar surface area (TPSA) is 124 Å². The molecule has 0 aliphatic heterocycles. The molecule has 0 radical (unpaired) electrons. The summed E-state index contributed by atoms with van der Waals surface area (Å²) in [7, 11) is 0. The Morgan fingerprint density at radius 3 is 2.85 bits per heavy atom. The van der Waals surface area contributed by atoms with Gasteiger partial charge in [0.2, 0.25) is 5.82 Å². The van der Waals surface area contributed by atoms with E-state index in [4.69, 9.17) is 5.11 Å². The van der Waals surface area contributed by atoms with Crippen LogP contribution >= 0.6 is 0 Å². The Balaban J connectivity index is 2.17. The Kier molecular flexibility index (Phi) is 3.83. The summed E-state index contributed by atoms with van der Waals surface area (Å²) in [5, 5.41) is 18.0. The highest BCUT2D eigenvalue weighted by atomic mass is 16.4. The summed E-state index contributed by atoms with van der Waals surface area (Å²) >= 11 is 0. The molecule has 1 amide bonds. The average Bonchev–Trinajstić information content (AvgIpc) is 2.97. The van der Waals surface area contributed by atoms with Gasteiger partial charge in [-0.25, -0.2) is 9.78 Å². The van der Waals surface area contributed by atoms with Crippen LogP contribution < -0.4 is 5.32 Å². The van der Waals surface area contributed by atoms with Gasteiger partial charge in [0, 0.05) is 18.3 Å². The van der Waals surface area contributed by atoms with Crippen LogP contribution in [0.3, 0.4) is 0 Å². The predicted octanol–water partition coefficient (Wildman–Crippen LogP) is 1.34. The molecule has 0 saturated heterocycles. The van der Waals surface area contributed by atoms with E-state index >= 15 is 0 Å². The molecule has 0 aliphatic rings. The van der Waals surface area contributed by atoms with Crippen molar-refractivity contribution in [2.24, 2.45) is 0 Å². The van der Waals surface area contributed by atoms with Crippen molar-refractivity contribution in [3.05, 3.63) is 29.1 Å². The van der Waals surface area contributed by atoms with E-state index in [1.165, 1.54) is 6.20 Å². The molecule has 2 aromatic heterocycles. The van der Waals surface area contributed by atoms with Crippen molar-refractivity contribution in [3.8, 4) is 0 Å². The number of anilines is 1. The highest BCUT2D eigenvalue weighted by Crippen LogP contribution is 2.19. The van der Waals surface area contributed by atoms with Crippen molar-refractivity contribution in [2.75, 3.05) is 5.32 Å². The van der Waals surface area contributed by atoms with E-state index in [0.29, 0.717) is 17.9 Å². The summed E-state index contributed by atoms with van der Waals surface area (Å²) in [4.78, 5) is 29.9. The first-order valence-electron chi connectivity index (χ1n) is 6.16. The first kappa shape index (κ1) is 13.8. The largest absolute Gasteiger partial charge is 0.478 e. The second kappa shape index (κ2) is 5.55. The monoisotopic (exact) mass is 277 g/mol. The summed E-state index contributed by atoms with van der Waals surface area (Å²) < 4.78 is 0. The number of amides is 1. The molecule has 20 heavy (non-hydrogen) atoms. The molecule has 106 valence electrons. The third-order valence-electron chi connectivity index (χ3n) is 2.76. The van der Waals surface area contributed by atoms with E-state index in [1.54, 1.807) is 6.92 Å². The van der Waals surface area contributed by atoms with Gasteiger partial charge in [-0.1, -0.05) is 6.92 Å². The highest BCUT2D eigenvalue weighted by molar-refractivity contribution is 6.06. The summed E-state index contributed by atoms with van der Waals surface area (Å²) in [6.45, 7) is 3.61. The summed E-state index contributed by atoms with van der Waals surface area (Å²) in [6.07, 6.45) is 3.01. The van der Waals surface area contributed by atoms with E-state index in [1.807, 2.05) is 6.92 Å². The second-order valence-corrected chi connectivity index (χ2v) is 4.32. The number of H-pyrrole nitrogens is 2. The zero-order valence-corrected chi connectivity index (χ0v) is 11.1. The highest BCUT2D eigenvalue weighted by Gasteiger charge is 2.19. The number of carboxylic acids is 1. The van der Waals surface area contributed by atoms with Crippen LogP contribution in [0.2, 0.25) is 0 Å². The quantitative estimate of drug-likeness (QED) is 0.656. The normalized spacial score (nSPS) is 10.5. The lowest BCUT2D eigenvalue weighted by Crippen LogP contribution is -2.15. The number of aromatic carboxylic acids is 1. The Morgan fingerprint density at radius 2 is 2.20 bits per heavy atom. The van der Waals surface area contributed by atoms with Crippen LogP contribution in [0.4, 0.5) is 5.69 Å². The smallest absolute Gasteiger partial charge is 0.339 e. The number of aromatic nitrogens is 4. The van der Waals surface area contributed by atoms with Gasteiger partial charge in [-0.3, -0.25) is 9.89 Å². The lowest BCUT2D eigenvalue weighted by atomic mass is 10.2. The Morgan fingerprint density at radius 1 is 1.45 bits per heavy atom. The molecular formula is C12H15N5O3. The number of aromatic amines is 2. The standard InChI is InChI=1S/C12H15N5O3/c1-3-4-8-15-10(17-16-8)11(18)14-7-5-13-6(2)9(7)12(19)20/h5,13H,3-4H2,1-2H3,(H,14,18)(H,19,20)(H,15,16,17). The van der Waals surface area contributed by atoms with Crippen LogP contribution in [-0.4, -0.2) is 37.1 Å². The van der Waals surface area contributed by atoms with Gasteiger partial charge in [-0.15, -0.1) is 5.10 Å². The van der Waals surface area contributed by atoms with Crippen molar-refractivity contribution in [2.45, 2.75) is 26.7 Å². The summed E-state index contributed by atoms with van der Waals surface area (Å²) in [5.74, 6) is -1.05. The molecule has 0 aromatic carbocycles. The molecule has 0 bridgehead atoms. The van der Waals surface area contributed by atoms with Crippen LogP contribution in [0, 0.1) is 6.92 Å². The van der Waals surface area contributed by atoms with Crippen LogP contribution in [0.15, 0.2) is 6.20 Å². The molecule has 0 spiro atoms.